The van der Waals surface area contributed by atoms with E-state index >= 15 is 0 Å². The van der Waals surface area contributed by atoms with Crippen LogP contribution in [0.4, 0.5) is 4.39 Å². The lowest BCUT2D eigenvalue weighted by Gasteiger charge is -2.03. The van der Waals surface area contributed by atoms with Crippen molar-refractivity contribution in [3.63, 3.8) is 0 Å². The predicted octanol–water partition coefficient (Wildman–Crippen LogP) is 1.85. The fraction of sp³-hybridized carbons (Fsp3) is 0.308. The summed E-state index contributed by atoms with van der Waals surface area (Å²) >= 11 is 0. The first-order chi connectivity index (χ1) is 8.54. The van der Waals surface area contributed by atoms with Crippen molar-refractivity contribution < 1.29 is 9.18 Å². The van der Waals surface area contributed by atoms with Gasteiger partial charge in [0.15, 0.2) is 5.78 Å². The SMILES string of the molecule is Cc1nc(C)n(CC(=O)Cc2ccc(F)cc2)n1. The molecule has 0 spiro atoms. The van der Waals surface area contributed by atoms with Crippen molar-refractivity contribution in [2.75, 3.05) is 0 Å². The van der Waals surface area contributed by atoms with Crippen LogP contribution in [0.25, 0.3) is 0 Å². The van der Waals surface area contributed by atoms with E-state index in [4.69, 9.17) is 0 Å². The molecule has 18 heavy (non-hydrogen) atoms. The zero-order valence-electron chi connectivity index (χ0n) is 10.4. The summed E-state index contributed by atoms with van der Waals surface area (Å²) in [5, 5.41) is 4.13. The van der Waals surface area contributed by atoms with Gasteiger partial charge in [-0.3, -0.25) is 4.79 Å². The van der Waals surface area contributed by atoms with Crippen LogP contribution in [0.3, 0.4) is 0 Å². The number of hydrogen-bond acceptors (Lipinski definition) is 3. The molecule has 94 valence electrons. The van der Waals surface area contributed by atoms with E-state index in [9.17, 15) is 9.18 Å². The van der Waals surface area contributed by atoms with Crippen LogP contribution in [0.5, 0.6) is 0 Å². The van der Waals surface area contributed by atoms with Gasteiger partial charge in [-0.1, -0.05) is 12.1 Å². The molecule has 4 nitrogen and oxygen atoms in total. The van der Waals surface area contributed by atoms with E-state index in [-0.39, 0.29) is 24.6 Å². The van der Waals surface area contributed by atoms with Crippen molar-refractivity contribution >= 4 is 5.78 Å². The maximum absolute atomic E-state index is 12.7. The Kier molecular flexibility index (Phi) is 3.50. The Morgan fingerprint density at radius 2 is 1.94 bits per heavy atom. The van der Waals surface area contributed by atoms with Crippen LogP contribution in [-0.2, 0) is 17.8 Å². The quantitative estimate of drug-likeness (QED) is 0.828. The number of Topliss-reactive ketones (excluding diaryl/α,β-unsaturated/α-hetero) is 1. The number of aryl methyl sites for hydroxylation is 2. The van der Waals surface area contributed by atoms with Gasteiger partial charge >= 0.3 is 0 Å². The summed E-state index contributed by atoms with van der Waals surface area (Å²) in [7, 11) is 0. The zero-order chi connectivity index (χ0) is 13.1. The Labute approximate surface area is 104 Å². The molecule has 0 fully saturated rings. The average molecular weight is 247 g/mol. The van der Waals surface area contributed by atoms with Crippen LogP contribution < -0.4 is 0 Å². The van der Waals surface area contributed by atoms with Gasteiger partial charge in [0.05, 0.1) is 0 Å². The average Bonchev–Trinajstić information content (AvgIpc) is 2.61. The Morgan fingerprint density at radius 1 is 1.28 bits per heavy atom. The van der Waals surface area contributed by atoms with E-state index in [0.717, 1.165) is 11.4 Å². The standard InChI is InChI=1S/C13H14FN3O/c1-9-15-10(2)17(16-9)8-13(18)7-11-3-5-12(14)6-4-11/h3-6H,7-8H2,1-2H3. The number of nitrogens with zero attached hydrogens (tertiary/aromatic N) is 3. The van der Waals surface area contributed by atoms with Gasteiger partial charge in [0.1, 0.15) is 24.0 Å². The Balaban J connectivity index is 2.01. The predicted molar refractivity (Wildman–Crippen MR) is 64.6 cm³/mol. The van der Waals surface area contributed by atoms with E-state index in [2.05, 4.69) is 10.1 Å². The number of carbonyl (C=O) groups is 1. The molecule has 0 N–H and O–H groups in total. The molecule has 0 radical (unpaired) electrons. The largest absolute Gasteiger partial charge is 0.297 e. The molecular formula is C13H14FN3O. The number of aromatic nitrogens is 3. The smallest absolute Gasteiger partial charge is 0.158 e. The topological polar surface area (TPSA) is 47.8 Å². The van der Waals surface area contributed by atoms with E-state index in [1.54, 1.807) is 23.7 Å². The molecule has 0 aliphatic rings. The van der Waals surface area contributed by atoms with Crippen molar-refractivity contribution in [1.82, 2.24) is 14.8 Å². The minimum atomic E-state index is -0.297. The molecular weight excluding hydrogens is 233 g/mol. The van der Waals surface area contributed by atoms with Crippen molar-refractivity contribution in [3.8, 4) is 0 Å². The molecule has 2 rings (SSSR count). The van der Waals surface area contributed by atoms with E-state index in [0.29, 0.717) is 5.82 Å². The Bertz CT molecular complexity index is 560. The second kappa shape index (κ2) is 5.08. The van der Waals surface area contributed by atoms with Crippen LogP contribution in [0.2, 0.25) is 0 Å². The molecule has 1 aromatic heterocycles. The third kappa shape index (κ3) is 3.00. The molecule has 0 saturated heterocycles. The molecule has 1 heterocycles. The molecule has 5 heteroatoms. The van der Waals surface area contributed by atoms with E-state index in [1.165, 1.54) is 12.1 Å². The Morgan fingerprint density at radius 3 is 2.50 bits per heavy atom. The molecule has 1 aromatic carbocycles. The fourth-order valence-corrected chi connectivity index (χ4v) is 1.76. The number of ketones is 1. The van der Waals surface area contributed by atoms with Crippen LogP contribution in [0.1, 0.15) is 17.2 Å². The van der Waals surface area contributed by atoms with Crippen molar-refractivity contribution in [3.05, 3.63) is 47.3 Å². The highest BCUT2D eigenvalue weighted by molar-refractivity contribution is 5.80. The highest BCUT2D eigenvalue weighted by Gasteiger charge is 2.09. The molecule has 0 unspecified atom stereocenters. The third-order valence-electron chi connectivity index (χ3n) is 2.60. The Hall–Kier alpha value is -2.04. The lowest BCUT2D eigenvalue weighted by atomic mass is 10.1. The lowest BCUT2D eigenvalue weighted by molar-refractivity contribution is -0.119. The summed E-state index contributed by atoms with van der Waals surface area (Å²) in [5.41, 5.74) is 0.802. The molecule has 2 aromatic rings. The summed E-state index contributed by atoms with van der Waals surface area (Å²) < 4.78 is 14.3. The van der Waals surface area contributed by atoms with Crippen molar-refractivity contribution in [2.45, 2.75) is 26.8 Å². The normalized spacial score (nSPS) is 10.6. The monoisotopic (exact) mass is 247 g/mol. The van der Waals surface area contributed by atoms with Gasteiger partial charge in [0, 0.05) is 6.42 Å². The van der Waals surface area contributed by atoms with Gasteiger partial charge in [0.2, 0.25) is 0 Å². The van der Waals surface area contributed by atoms with Crippen LogP contribution in [0, 0.1) is 19.7 Å². The highest BCUT2D eigenvalue weighted by Crippen LogP contribution is 2.05. The van der Waals surface area contributed by atoms with Crippen molar-refractivity contribution in [2.24, 2.45) is 0 Å². The first kappa shape index (κ1) is 12.4. The summed E-state index contributed by atoms with van der Waals surface area (Å²) in [6.07, 6.45) is 0.276. The minimum absolute atomic E-state index is 0.0228. The second-order valence-corrected chi connectivity index (χ2v) is 4.21. The van der Waals surface area contributed by atoms with E-state index < -0.39 is 0 Å². The van der Waals surface area contributed by atoms with Crippen LogP contribution in [-0.4, -0.2) is 20.5 Å². The molecule has 0 atom stereocenters. The second-order valence-electron chi connectivity index (χ2n) is 4.21. The number of benzene rings is 1. The maximum atomic E-state index is 12.7. The minimum Gasteiger partial charge on any atom is -0.297 e. The maximum Gasteiger partial charge on any atom is 0.158 e. The first-order valence-corrected chi connectivity index (χ1v) is 5.69. The number of rotatable bonds is 4. The summed E-state index contributed by atoms with van der Waals surface area (Å²) in [6, 6.07) is 5.94. The summed E-state index contributed by atoms with van der Waals surface area (Å²) in [6.45, 7) is 3.79. The number of hydrogen-bond donors (Lipinski definition) is 0. The highest BCUT2D eigenvalue weighted by atomic mass is 19.1. The van der Waals surface area contributed by atoms with Gasteiger partial charge < -0.3 is 0 Å². The van der Waals surface area contributed by atoms with Crippen molar-refractivity contribution in [1.29, 1.82) is 0 Å². The summed E-state index contributed by atoms with van der Waals surface area (Å²) in [4.78, 5) is 16.0. The van der Waals surface area contributed by atoms with Gasteiger partial charge in [0.25, 0.3) is 0 Å². The van der Waals surface area contributed by atoms with Gasteiger partial charge in [-0.2, -0.15) is 5.10 Å². The van der Waals surface area contributed by atoms with Crippen LogP contribution in [0.15, 0.2) is 24.3 Å². The van der Waals surface area contributed by atoms with E-state index in [1.807, 2.05) is 6.92 Å². The molecule has 0 bridgehead atoms. The van der Waals surface area contributed by atoms with Crippen LogP contribution >= 0.6 is 0 Å². The first-order valence-electron chi connectivity index (χ1n) is 5.69. The molecule has 0 saturated carbocycles. The molecule has 0 amide bonds. The third-order valence-corrected chi connectivity index (χ3v) is 2.60. The molecule has 0 aliphatic heterocycles. The van der Waals surface area contributed by atoms with Gasteiger partial charge in [-0.15, -0.1) is 0 Å². The summed E-state index contributed by atoms with van der Waals surface area (Å²) in [5.74, 6) is 1.10. The molecule has 0 aliphatic carbocycles. The van der Waals surface area contributed by atoms with Gasteiger partial charge in [-0.25, -0.2) is 14.1 Å². The number of carbonyl (C=O) groups excluding carboxylic acids is 1. The number of halogens is 1. The lowest BCUT2D eigenvalue weighted by Crippen LogP contribution is -2.15. The zero-order valence-corrected chi connectivity index (χ0v) is 10.4. The fourth-order valence-electron chi connectivity index (χ4n) is 1.76. The van der Waals surface area contributed by atoms with Gasteiger partial charge in [-0.05, 0) is 31.5 Å².